The quantitative estimate of drug-likeness (QED) is 0.601. The summed E-state index contributed by atoms with van der Waals surface area (Å²) in [4.78, 5) is 24.8. The van der Waals surface area contributed by atoms with Crippen molar-refractivity contribution in [1.82, 2.24) is 10.4 Å². The van der Waals surface area contributed by atoms with E-state index in [9.17, 15) is 9.59 Å². The lowest BCUT2D eigenvalue weighted by Gasteiger charge is -2.35. The van der Waals surface area contributed by atoms with Crippen molar-refractivity contribution >= 4 is 11.8 Å². The van der Waals surface area contributed by atoms with Gasteiger partial charge in [-0.1, -0.05) is 50.8 Å². The van der Waals surface area contributed by atoms with Crippen LogP contribution in [0.5, 0.6) is 0 Å². The normalized spacial score (nSPS) is 11.1. The van der Waals surface area contributed by atoms with Gasteiger partial charge in [0.05, 0.1) is 5.54 Å². The van der Waals surface area contributed by atoms with Crippen LogP contribution in [0.25, 0.3) is 0 Å². The molecule has 0 aliphatic carbocycles. The number of unbranched alkanes of at least 4 members (excludes halogenated alkanes) is 4. The minimum atomic E-state index is -0.453. The SMILES string of the molecule is CCCCCCCC(=O)N(NC(=O)c1ccccc1)C(C)(C)C. The van der Waals surface area contributed by atoms with E-state index in [-0.39, 0.29) is 11.8 Å². The Labute approximate surface area is 140 Å². The zero-order valence-electron chi connectivity index (χ0n) is 14.9. The summed E-state index contributed by atoms with van der Waals surface area (Å²) in [6.07, 6.45) is 5.96. The van der Waals surface area contributed by atoms with Crippen molar-refractivity contribution in [2.45, 2.75) is 71.8 Å². The topological polar surface area (TPSA) is 49.4 Å². The molecule has 4 nitrogen and oxygen atoms in total. The van der Waals surface area contributed by atoms with E-state index in [4.69, 9.17) is 0 Å². The van der Waals surface area contributed by atoms with Crippen molar-refractivity contribution in [2.24, 2.45) is 0 Å². The first kappa shape index (κ1) is 19.2. The number of hydrogen-bond acceptors (Lipinski definition) is 2. The van der Waals surface area contributed by atoms with Crippen molar-refractivity contribution in [3.05, 3.63) is 35.9 Å². The fourth-order valence-corrected chi connectivity index (χ4v) is 2.35. The standard InChI is InChI=1S/C19H30N2O2/c1-5-6-7-8-12-15-17(22)21(19(2,3)4)20-18(23)16-13-10-9-11-14-16/h9-11,13-14H,5-8,12,15H2,1-4H3,(H,20,23). The van der Waals surface area contributed by atoms with Crippen LogP contribution in [0.2, 0.25) is 0 Å². The van der Waals surface area contributed by atoms with Crippen LogP contribution in [0.3, 0.4) is 0 Å². The lowest BCUT2D eigenvalue weighted by Crippen LogP contribution is -2.55. The molecule has 0 aliphatic heterocycles. The summed E-state index contributed by atoms with van der Waals surface area (Å²) in [5.74, 6) is -0.280. The number of nitrogens with zero attached hydrogens (tertiary/aromatic N) is 1. The monoisotopic (exact) mass is 318 g/mol. The van der Waals surface area contributed by atoms with Gasteiger partial charge in [0.2, 0.25) is 5.91 Å². The molecule has 1 N–H and O–H groups in total. The number of carbonyl (C=O) groups is 2. The van der Waals surface area contributed by atoms with Gasteiger partial charge >= 0.3 is 0 Å². The summed E-state index contributed by atoms with van der Waals surface area (Å²) in [5, 5.41) is 1.47. The van der Waals surface area contributed by atoms with Crippen LogP contribution in [-0.2, 0) is 4.79 Å². The number of amides is 2. The maximum atomic E-state index is 12.5. The first-order chi connectivity index (χ1) is 10.9. The van der Waals surface area contributed by atoms with Gasteiger partial charge in [0.1, 0.15) is 0 Å². The number of benzene rings is 1. The third kappa shape index (κ3) is 6.85. The second-order valence-electron chi connectivity index (χ2n) is 6.87. The molecule has 0 spiro atoms. The molecule has 4 heteroatoms. The zero-order chi connectivity index (χ0) is 17.3. The average molecular weight is 318 g/mol. The van der Waals surface area contributed by atoms with E-state index in [0.717, 1.165) is 19.3 Å². The summed E-state index contributed by atoms with van der Waals surface area (Å²) in [5.41, 5.74) is 2.87. The lowest BCUT2D eigenvalue weighted by molar-refractivity contribution is -0.139. The molecular weight excluding hydrogens is 288 g/mol. The van der Waals surface area contributed by atoms with Crippen molar-refractivity contribution in [3.8, 4) is 0 Å². The van der Waals surface area contributed by atoms with Crippen molar-refractivity contribution in [2.75, 3.05) is 0 Å². The smallest absolute Gasteiger partial charge is 0.269 e. The Morgan fingerprint density at radius 3 is 2.17 bits per heavy atom. The Bertz CT molecular complexity index is 492. The van der Waals surface area contributed by atoms with E-state index >= 15 is 0 Å². The zero-order valence-corrected chi connectivity index (χ0v) is 14.9. The molecule has 23 heavy (non-hydrogen) atoms. The lowest BCUT2D eigenvalue weighted by atomic mass is 10.1. The van der Waals surface area contributed by atoms with Crippen LogP contribution in [-0.4, -0.2) is 22.4 Å². The second kappa shape index (κ2) is 9.33. The van der Waals surface area contributed by atoms with E-state index < -0.39 is 5.54 Å². The maximum Gasteiger partial charge on any atom is 0.269 e. The van der Waals surface area contributed by atoms with Gasteiger partial charge < -0.3 is 0 Å². The average Bonchev–Trinajstić information content (AvgIpc) is 2.51. The van der Waals surface area contributed by atoms with Crippen LogP contribution in [0.1, 0.15) is 76.6 Å². The molecule has 1 aromatic rings. The number of carbonyl (C=O) groups excluding carboxylic acids is 2. The number of rotatable bonds is 7. The molecule has 0 fully saturated rings. The molecule has 2 amide bonds. The van der Waals surface area contributed by atoms with Gasteiger partial charge in [0.15, 0.2) is 0 Å². The van der Waals surface area contributed by atoms with Crippen LogP contribution in [0.4, 0.5) is 0 Å². The Hall–Kier alpha value is -1.84. The van der Waals surface area contributed by atoms with E-state index in [2.05, 4.69) is 12.3 Å². The van der Waals surface area contributed by atoms with Gasteiger partial charge in [-0.3, -0.25) is 15.0 Å². The highest BCUT2D eigenvalue weighted by Crippen LogP contribution is 2.15. The van der Waals surface area contributed by atoms with Crippen molar-refractivity contribution in [1.29, 1.82) is 0 Å². The summed E-state index contributed by atoms with van der Waals surface area (Å²) in [6.45, 7) is 7.94. The summed E-state index contributed by atoms with van der Waals surface area (Å²) in [7, 11) is 0. The van der Waals surface area contributed by atoms with Crippen LogP contribution >= 0.6 is 0 Å². The third-order valence-electron chi connectivity index (χ3n) is 3.66. The molecule has 0 heterocycles. The largest absolute Gasteiger partial charge is 0.273 e. The molecule has 1 rings (SSSR count). The van der Waals surface area contributed by atoms with Gasteiger partial charge in [0.25, 0.3) is 5.91 Å². The summed E-state index contributed by atoms with van der Waals surface area (Å²) < 4.78 is 0. The van der Waals surface area contributed by atoms with Gasteiger partial charge in [-0.25, -0.2) is 5.01 Å². The first-order valence-electron chi connectivity index (χ1n) is 8.55. The van der Waals surface area contributed by atoms with Gasteiger partial charge in [-0.05, 0) is 39.3 Å². The van der Waals surface area contributed by atoms with Crippen LogP contribution in [0, 0.1) is 0 Å². The Kier molecular flexibility index (Phi) is 7.79. The van der Waals surface area contributed by atoms with E-state index in [0.29, 0.717) is 12.0 Å². The fraction of sp³-hybridized carbons (Fsp3) is 0.579. The maximum absolute atomic E-state index is 12.5. The number of hydrazine groups is 1. The number of hydrogen-bond donors (Lipinski definition) is 1. The Morgan fingerprint density at radius 2 is 1.61 bits per heavy atom. The van der Waals surface area contributed by atoms with E-state index in [1.165, 1.54) is 17.9 Å². The molecule has 0 radical (unpaired) electrons. The van der Waals surface area contributed by atoms with Crippen molar-refractivity contribution < 1.29 is 9.59 Å². The van der Waals surface area contributed by atoms with E-state index in [1.54, 1.807) is 12.1 Å². The molecule has 128 valence electrons. The molecule has 0 atom stereocenters. The highest BCUT2D eigenvalue weighted by Gasteiger charge is 2.28. The van der Waals surface area contributed by atoms with E-state index in [1.807, 2.05) is 39.0 Å². The molecule has 0 saturated carbocycles. The molecule has 1 aromatic carbocycles. The minimum absolute atomic E-state index is 0.0294. The second-order valence-corrected chi connectivity index (χ2v) is 6.87. The molecule has 0 aromatic heterocycles. The number of nitrogens with one attached hydrogen (secondary N) is 1. The Balaban J connectivity index is 2.62. The van der Waals surface area contributed by atoms with Crippen LogP contribution < -0.4 is 5.43 Å². The predicted molar refractivity (Wildman–Crippen MR) is 93.9 cm³/mol. The molecule has 0 saturated heterocycles. The third-order valence-corrected chi connectivity index (χ3v) is 3.66. The van der Waals surface area contributed by atoms with Gasteiger partial charge in [-0.15, -0.1) is 0 Å². The molecule has 0 bridgehead atoms. The summed E-state index contributed by atoms with van der Waals surface area (Å²) >= 11 is 0. The molecule has 0 unspecified atom stereocenters. The fourth-order valence-electron chi connectivity index (χ4n) is 2.35. The Morgan fingerprint density at radius 1 is 1.00 bits per heavy atom. The molecule has 0 aliphatic rings. The predicted octanol–water partition coefficient (Wildman–Crippen LogP) is 4.32. The minimum Gasteiger partial charge on any atom is -0.273 e. The van der Waals surface area contributed by atoms with Crippen molar-refractivity contribution in [3.63, 3.8) is 0 Å². The first-order valence-corrected chi connectivity index (χ1v) is 8.55. The molecular formula is C19H30N2O2. The van der Waals surface area contributed by atoms with Crippen LogP contribution in [0.15, 0.2) is 30.3 Å². The highest BCUT2D eigenvalue weighted by molar-refractivity contribution is 5.95. The summed E-state index contributed by atoms with van der Waals surface area (Å²) in [6, 6.07) is 8.97. The van der Waals surface area contributed by atoms with Gasteiger partial charge in [-0.2, -0.15) is 0 Å². The van der Waals surface area contributed by atoms with Gasteiger partial charge in [0, 0.05) is 12.0 Å². The highest BCUT2D eigenvalue weighted by atomic mass is 16.2.